The minimum atomic E-state index is -0.757. The monoisotopic (exact) mass is 539 g/mol. The number of methoxy groups -OCH3 is 2. The van der Waals surface area contributed by atoms with E-state index < -0.39 is 12.0 Å². The van der Waals surface area contributed by atoms with Crippen LogP contribution in [0.2, 0.25) is 0 Å². The number of rotatable bonds is 7. The Morgan fingerprint density at radius 2 is 1.92 bits per heavy atom. The summed E-state index contributed by atoms with van der Waals surface area (Å²) in [6.45, 7) is 6.47. The molecule has 0 saturated carbocycles. The number of hydrogen-bond donors (Lipinski definition) is 0. The van der Waals surface area contributed by atoms with Crippen molar-refractivity contribution in [2.24, 2.45) is 4.99 Å². The van der Waals surface area contributed by atoms with Crippen molar-refractivity contribution >= 4 is 29.3 Å². The van der Waals surface area contributed by atoms with Crippen molar-refractivity contribution in [2.75, 3.05) is 52.0 Å². The number of anilines is 1. The number of esters is 1. The number of thiazole rings is 1. The number of fused-ring (bicyclic) bond motifs is 1. The first-order valence-electron chi connectivity index (χ1n) is 12.3. The molecule has 0 bridgehead atoms. The maximum absolute atomic E-state index is 13.8. The Balaban J connectivity index is 1.63. The van der Waals surface area contributed by atoms with Gasteiger partial charge in [-0.15, -0.1) is 0 Å². The molecule has 1 saturated heterocycles. The Kier molecular flexibility index (Phi) is 7.39. The van der Waals surface area contributed by atoms with Crippen LogP contribution in [0, 0.1) is 0 Å². The Morgan fingerprint density at radius 3 is 2.63 bits per heavy atom. The summed E-state index contributed by atoms with van der Waals surface area (Å²) in [5.74, 6) is 1.79. The van der Waals surface area contributed by atoms with E-state index in [4.69, 9.17) is 23.4 Å². The van der Waals surface area contributed by atoms with Crippen molar-refractivity contribution in [3.8, 4) is 11.5 Å². The van der Waals surface area contributed by atoms with Crippen LogP contribution in [0.5, 0.6) is 11.5 Å². The molecule has 0 N–H and O–H groups in total. The molecule has 3 aromatic rings. The smallest absolute Gasteiger partial charge is 0.338 e. The highest BCUT2D eigenvalue weighted by Crippen LogP contribution is 2.36. The van der Waals surface area contributed by atoms with E-state index in [1.54, 1.807) is 39.2 Å². The molecule has 10 nitrogen and oxygen atoms in total. The predicted octanol–water partition coefficient (Wildman–Crippen LogP) is 2.25. The third-order valence-electron chi connectivity index (χ3n) is 6.45. The van der Waals surface area contributed by atoms with Crippen molar-refractivity contribution < 1.29 is 28.2 Å². The number of allylic oxidation sites excluding steroid dienone is 1. The summed E-state index contributed by atoms with van der Waals surface area (Å²) >= 11 is 1.24. The van der Waals surface area contributed by atoms with E-state index >= 15 is 0 Å². The van der Waals surface area contributed by atoms with Gasteiger partial charge >= 0.3 is 5.97 Å². The number of aromatic nitrogens is 1. The molecule has 2 aromatic heterocycles. The van der Waals surface area contributed by atoms with Gasteiger partial charge in [-0.25, -0.2) is 9.79 Å². The highest BCUT2D eigenvalue weighted by Gasteiger charge is 2.34. The summed E-state index contributed by atoms with van der Waals surface area (Å²) in [5, 5.41) is 0. The second-order valence-electron chi connectivity index (χ2n) is 8.69. The molecule has 1 fully saturated rings. The van der Waals surface area contributed by atoms with E-state index in [1.807, 2.05) is 18.2 Å². The normalized spacial score (nSPS) is 17.7. The molecule has 2 aliphatic heterocycles. The van der Waals surface area contributed by atoms with E-state index in [9.17, 15) is 9.59 Å². The molecule has 38 heavy (non-hydrogen) atoms. The lowest BCUT2D eigenvalue weighted by Crippen LogP contribution is -2.39. The number of carbonyl (C=O) groups excluding carboxylic acids is 1. The summed E-state index contributed by atoms with van der Waals surface area (Å²) in [5.41, 5.74) is 1.17. The van der Waals surface area contributed by atoms with Crippen LogP contribution in [-0.2, 0) is 14.3 Å². The van der Waals surface area contributed by atoms with Crippen molar-refractivity contribution in [3.63, 3.8) is 0 Å². The summed E-state index contributed by atoms with van der Waals surface area (Å²) in [7, 11) is 3.09. The zero-order valence-electron chi connectivity index (χ0n) is 21.7. The van der Waals surface area contributed by atoms with Crippen LogP contribution in [0.1, 0.15) is 31.2 Å². The number of ether oxygens (including phenoxy) is 4. The first kappa shape index (κ1) is 25.8. The number of furan rings is 1. The number of benzene rings is 1. The number of nitrogens with zero attached hydrogens (tertiary/aromatic N) is 3. The molecular weight excluding hydrogens is 510 g/mol. The molecule has 5 rings (SSSR count). The highest BCUT2D eigenvalue weighted by atomic mass is 32.1. The van der Waals surface area contributed by atoms with Crippen LogP contribution in [0.4, 0.5) is 5.88 Å². The molecule has 4 heterocycles. The molecule has 0 radical (unpaired) electrons. The predicted molar refractivity (Wildman–Crippen MR) is 142 cm³/mol. The van der Waals surface area contributed by atoms with Gasteiger partial charge in [0.1, 0.15) is 5.76 Å². The molecule has 1 aromatic carbocycles. The van der Waals surface area contributed by atoms with Gasteiger partial charge in [-0.2, -0.15) is 0 Å². The molecular formula is C27H29N3O7S. The molecule has 0 spiro atoms. The zero-order chi connectivity index (χ0) is 26.8. The van der Waals surface area contributed by atoms with Gasteiger partial charge in [0.2, 0.25) is 0 Å². The van der Waals surface area contributed by atoms with E-state index in [1.165, 1.54) is 23.0 Å². The van der Waals surface area contributed by atoms with E-state index in [0.717, 1.165) is 19.0 Å². The fourth-order valence-electron chi connectivity index (χ4n) is 4.63. The summed E-state index contributed by atoms with van der Waals surface area (Å²) in [6, 6.07) is 8.29. The number of carbonyl (C=O) groups is 1. The average molecular weight is 540 g/mol. The molecule has 0 amide bonds. The molecule has 1 atom stereocenters. The van der Waals surface area contributed by atoms with E-state index in [0.29, 0.717) is 56.6 Å². The molecule has 2 aliphatic rings. The minimum absolute atomic E-state index is 0.197. The van der Waals surface area contributed by atoms with Crippen molar-refractivity contribution in [1.29, 1.82) is 0 Å². The summed E-state index contributed by atoms with van der Waals surface area (Å²) in [6.07, 6.45) is 1.71. The van der Waals surface area contributed by atoms with Crippen molar-refractivity contribution in [2.45, 2.75) is 19.9 Å². The quantitative estimate of drug-likeness (QED) is 0.421. The van der Waals surface area contributed by atoms with Crippen LogP contribution in [-0.4, -0.2) is 57.7 Å². The largest absolute Gasteiger partial charge is 0.493 e. The minimum Gasteiger partial charge on any atom is -0.493 e. The van der Waals surface area contributed by atoms with E-state index in [-0.39, 0.29) is 12.2 Å². The Hall–Kier alpha value is -3.83. The number of morpholine rings is 1. The lowest BCUT2D eigenvalue weighted by atomic mass is 9.95. The first-order valence-corrected chi connectivity index (χ1v) is 13.1. The van der Waals surface area contributed by atoms with Gasteiger partial charge in [0, 0.05) is 25.2 Å². The third-order valence-corrected chi connectivity index (χ3v) is 7.43. The van der Waals surface area contributed by atoms with Gasteiger partial charge in [-0.1, -0.05) is 17.4 Å². The molecule has 11 heteroatoms. The van der Waals surface area contributed by atoms with Gasteiger partial charge in [0.15, 0.2) is 22.2 Å². The third kappa shape index (κ3) is 4.74. The summed E-state index contributed by atoms with van der Waals surface area (Å²) < 4.78 is 29.6. The lowest BCUT2D eigenvalue weighted by molar-refractivity contribution is -0.139. The average Bonchev–Trinajstić information content (AvgIpc) is 3.52. The second kappa shape index (κ2) is 10.9. The Labute approximate surface area is 223 Å². The lowest BCUT2D eigenvalue weighted by Gasteiger charge is -2.26. The van der Waals surface area contributed by atoms with Gasteiger partial charge in [0.05, 0.1) is 55.9 Å². The SMILES string of the molecule is CCOC(=O)C1=C(C)N=c2s/c(=C/c3ccc(N4CCOCC4)o3)c(=O)n2[C@@H]1c1ccc(OC)c(OC)c1. The Bertz CT molecular complexity index is 1560. The van der Waals surface area contributed by atoms with Gasteiger partial charge < -0.3 is 28.3 Å². The molecule has 0 unspecified atom stereocenters. The second-order valence-corrected chi connectivity index (χ2v) is 9.70. The highest BCUT2D eigenvalue weighted by molar-refractivity contribution is 7.07. The van der Waals surface area contributed by atoms with Crippen LogP contribution >= 0.6 is 11.3 Å². The topological polar surface area (TPSA) is 105 Å². The van der Waals surface area contributed by atoms with Crippen molar-refractivity contribution in [1.82, 2.24) is 4.57 Å². The van der Waals surface area contributed by atoms with Crippen LogP contribution in [0.25, 0.3) is 6.08 Å². The van der Waals surface area contributed by atoms with Crippen LogP contribution in [0.3, 0.4) is 0 Å². The fraction of sp³-hybridized carbons (Fsp3) is 0.370. The van der Waals surface area contributed by atoms with E-state index in [2.05, 4.69) is 9.89 Å². The van der Waals surface area contributed by atoms with Gasteiger partial charge in [0.25, 0.3) is 5.56 Å². The zero-order valence-corrected chi connectivity index (χ0v) is 22.5. The Morgan fingerprint density at radius 1 is 1.16 bits per heavy atom. The molecule has 200 valence electrons. The first-order chi connectivity index (χ1) is 18.4. The van der Waals surface area contributed by atoms with Crippen LogP contribution < -0.4 is 29.3 Å². The maximum atomic E-state index is 13.8. The van der Waals surface area contributed by atoms with Crippen molar-refractivity contribution in [3.05, 3.63) is 72.6 Å². The summed E-state index contributed by atoms with van der Waals surface area (Å²) in [4.78, 5) is 34.1. The van der Waals surface area contributed by atoms with Crippen LogP contribution in [0.15, 0.2) is 55.8 Å². The van der Waals surface area contributed by atoms with Gasteiger partial charge in [-0.3, -0.25) is 9.36 Å². The number of hydrogen-bond acceptors (Lipinski definition) is 10. The van der Waals surface area contributed by atoms with Gasteiger partial charge in [-0.05, 0) is 37.6 Å². The maximum Gasteiger partial charge on any atom is 0.338 e. The fourth-order valence-corrected chi connectivity index (χ4v) is 5.66. The standard InChI is InChI=1S/C27H29N3O7S/c1-5-36-26(32)23-16(2)28-27-30(24(23)17-6-8-19(33-3)20(14-17)34-4)25(31)21(38-27)15-18-7-9-22(37-18)29-10-12-35-13-11-29/h6-9,14-15,24H,5,10-13H2,1-4H3/b21-15+/t24-/m1/s1. The molecule has 0 aliphatic carbocycles.